The van der Waals surface area contributed by atoms with Crippen LogP contribution in [0.15, 0.2) is 53.8 Å². The molecule has 1 heterocycles. The molecule has 0 unspecified atom stereocenters. The van der Waals surface area contributed by atoms with E-state index in [0.29, 0.717) is 16.5 Å². The van der Waals surface area contributed by atoms with Crippen LogP contribution in [0.25, 0.3) is 0 Å². The molecule has 21 heavy (non-hydrogen) atoms. The van der Waals surface area contributed by atoms with Crippen molar-refractivity contribution in [3.05, 3.63) is 64.9 Å². The average Bonchev–Trinajstić information content (AvgIpc) is 2.50. The lowest BCUT2D eigenvalue weighted by molar-refractivity contribution is -0.118. The van der Waals surface area contributed by atoms with E-state index in [0.717, 1.165) is 11.3 Å². The second-order valence-corrected chi connectivity index (χ2v) is 5.59. The Labute approximate surface area is 132 Å². The summed E-state index contributed by atoms with van der Waals surface area (Å²) in [5.41, 5.74) is 4.31. The Hall–Kier alpha value is -1.85. The number of nitrogens with zero attached hydrogens (tertiary/aromatic N) is 2. The van der Waals surface area contributed by atoms with Gasteiger partial charge >= 0.3 is 0 Å². The molecule has 2 aromatic rings. The summed E-state index contributed by atoms with van der Waals surface area (Å²) < 4.78 is 0. The molecule has 2 rings (SSSR count). The van der Waals surface area contributed by atoms with Gasteiger partial charge in [-0.15, -0.1) is 11.8 Å². The van der Waals surface area contributed by atoms with E-state index in [1.165, 1.54) is 18.0 Å². The Morgan fingerprint density at radius 3 is 2.81 bits per heavy atom. The quantitative estimate of drug-likeness (QED) is 0.657. The van der Waals surface area contributed by atoms with Crippen LogP contribution in [0.2, 0.25) is 5.02 Å². The molecule has 4 nitrogen and oxygen atoms in total. The number of carbonyl (C=O) groups excluding carboxylic acids is 1. The highest BCUT2D eigenvalue weighted by atomic mass is 35.5. The number of thioether (sulfide) groups is 1. The topological polar surface area (TPSA) is 54.4 Å². The largest absolute Gasteiger partial charge is 0.272 e. The van der Waals surface area contributed by atoms with Crippen LogP contribution in [0.3, 0.4) is 0 Å². The predicted molar refractivity (Wildman–Crippen MR) is 87.6 cm³/mol. The molecule has 6 heteroatoms. The van der Waals surface area contributed by atoms with E-state index in [1.54, 1.807) is 6.20 Å². The lowest BCUT2D eigenvalue weighted by atomic mass is 10.2. The lowest BCUT2D eigenvalue weighted by Gasteiger charge is -2.01. The van der Waals surface area contributed by atoms with Crippen LogP contribution in [0.1, 0.15) is 11.3 Å². The third-order valence-electron chi connectivity index (χ3n) is 2.49. The van der Waals surface area contributed by atoms with Gasteiger partial charge in [0.1, 0.15) is 0 Å². The van der Waals surface area contributed by atoms with Gasteiger partial charge in [0, 0.05) is 17.0 Å². The number of amides is 1. The number of hydrogen-bond donors (Lipinski definition) is 1. The monoisotopic (exact) mass is 319 g/mol. The maximum absolute atomic E-state index is 11.6. The number of benzene rings is 1. The van der Waals surface area contributed by atoms with Gasteiger partial charge in [0.2, 0.25) is 5.91 Å². The van der Waals surface area contributed by atoms with E-state index in [4.69, 9.17) is 11.6 Å². The molecule has 1 amide bonds. The first kappa shape index (κ1) is 15.5. The molecule has 0 aliphatic rings. The van der Waals surface area contributed by atoms with Crippen molar-refractivity contribution in [2.24, 2.45) is 5.10 Å². The zero-order chi connectivity index (χ0) is 14.9. The third kappa shape index (κ3) is 5.97. The van der Waals surface area contributed by atoms with Gasteiger partial charge in [0.15, 0.2) is 0 Å². The van der Waals surface area contributed by atoms with Crippen molar-refractivity contribution in [3.63, 3.8) is 0 Å². The Morgan fingerprint density at radius 1 is 1.29 bits per heavy atom. The van der Waals surface area contributed by atoms with Crippen molar-refractivity contribution >= 4 is 35.5 Å². The first-order valence-corrected chi connectivity index (χ1v) is 7.82. The van der Waals surface area contributed by atoms with Crippen LogP contribution in [0.4, 0.5) is 0 Å². The van der Waals surface area contributed by atoms with Crippen molar-refractivity contribution in [2.75, 3.05) is 5.75 Å². The summed E-state index contributed by atoms with van der Waals surface area (Å²) in [5, 5.41) is 4.57. The van der Waals surface area contributed by atoms with E-state index in [9.17, 15) is 4.79 Å². The first-order valence-electron chi connectivity index (χ1n) is 6.29. The maximum Gasteiger partial charge on any atom is 0.250 e. The number of rotatable bonds is 6. The van der Waals surface area contributed by atoms with Crippen LogP contribution in [0, 0.1) is 0 Å². The molecular formula is C15H14ClN3OS. The highest BCUT2D eigenvalue weighted by molar-refractivity contribution is 7.99. The van der Waals surface area contributed by atoms with Crippen LogP contribution in [0.5, 0.6) is 0 Å². The summed E-state index contributed by atoms with van der Waals surface area (Å²) in [6.45, 7) is 0. The molecule has 0 atom stereocenters. The number of aromatic nitrogens is 1. The van der Waals surface area contributed by atoms with Gasteiger partial charge in [0.25, 0.3) is 0 Å². The average molecular weight is 320 g/mol. The summed E-state index contributed by atoms with van der Waals surface area (Å²) in [5.74, 6) is 0.970. The predicted octanol–water partition coefficient (Wildman–Crippen LogP) is 3.12. The number of pyridine rings is 1. The molecule has 0 aliphatic carbocycles. The Morgan fingerprint density at radius 2 is 2.10 bits per heavy atom. The van der Waals surface area contributed by atoms with E-state index in [2.05, 4.69) is 15.5 Å². The van der Waals surface area contributed by atoms with Crippen molar-refractivity contribution in [1.29, 1.82) is 0 Å². The van der Waals surface area contributed by atoms with Gasteiger partial charge in [-0.2, -0.15) is 5.10 Å². The second kappa shape index (κ2) is 8.44. The van der Waals surface area contributed by atoms with Crippen LogP contribution in [-0.2, 0) is 10.5 Å². The molecule has 0 spiro atoms. The SMILES string of the molecule is O=C(CSCc1ccc(Cl)cc1)N/N=C\c1ccccn1. The van der Waals surface area contributed by atoms with Gasteiger partial charge in [-0.05, 0) is 29.8 Å². The number of hydrazone groups is 1. The fourth-order valence-electron chi connectivity index (χ4n) is 1.50. The molecule has 108 valence electrons. The zero-order valence-corrected chi connectivity index (χ0v) is 12.8. The smallest absolute Gasteiger partial charge is 0.250 e. The number of halogens is 1. The third-order valence-corrected chi connectivity index (χ3v) is 3.74. The Kier molecular flexibility index (Phi) is 6.24. The first-order chi connectivity index (χ1) is 10.2. The summed E-state index contributed by atoms with van der Waals surface area (Å²) in [4.78, 5) is 15.7. The van der Waals surface area contributed by atoms with Crippen molar-refractivity contribution in [1.82, 2.24) is 10.4 Å². The summed E-state index contributed by atoms with van der Waals surface area (Å²) >= 11 is 7.33. The zero-order valence-electron chi connectivity index (χ0n) is 11.2. The molecule has 1 N–H and O–H groups in total. The number of nitrogens with one attached hydrogen (secondary N) is 1. The van der Waals surface area contributed by atoms with E-state index >= 15 is 0 Å². The van der Waals surface area contributed by atoms with Crippen LogP contribution < -0.4 is 5.43 Å². The van der Waals surface area contributed by atoms with Gasteiger partial charge in [0.05, 0.1) is 17.7 Å². The van der Waals surface area contributed by atoms with Gasteiger partial charge in [-0.1, -0.05) is 29.8 Å². The molecule has 0 fully saturated rings. The number of hydrogen-bond acceptors (Lipinski definition) is 4. The molecule has 0 aliphatic heterocycles. The minimum Gasteiger partial charge on any atom is -0.272 e. The number of carbonyl (C=O) groups is 1. The van der Waals surface area contributed by atoms with Crippen molar-refractivity contribution in [3.8, 4) is 0 Å². The summed E-state index contributed by atoms with van der Waals surface area (Å²) in [6, 6.07) is 13.1. The molecule has 0 saturated carbocycles. The summed E-state index contributed by atoms with van der Waals surface area (Å²) in [6.07, 6.45) is 3.19. The van der Waals surface area contributed by atoms with Crippen LogP contribution in [-0.4, -0.2) is 22.9 Å². The normalized spacial score (nSPS) is 10.7. The molecule has 0 radical (unpaired) electrons. The molecule has 0 saturated heterocycles. The summed E-state index contributed by atoms with van der Waals surface area (Å²) in [7, 11) is 0. The van der Waals surface area contributed by atoms with Gasteiger partial charge < -0.3 is 0 Å². The molecule has 1 aromatic heterocycles. The van der Waals surface area contributed by atoms with Crippen molar-refractivity contribution < 1.29 is 4.79 Å². The standard InChI is InChI=1S/C15H14ClN3OS/c16-13-6-4-12(5-7-13)10-21-11-15(20)19-18-9-14-3-1-2-8-17-14/h1-9H,10-11H2,(H,19,20)/b18-9-. The van der Waals surface area contributed by atoms with E-state index in [-0.39, 0.29) is 5.91 Å². The molecule has 0 bridgehead atoms. The Balaban J connectivity index is 1.68. The van der Waals surface area contributed by atoms with Crippen molar-refractivity contribution in [2.45, 2.75) is 5.75 Å². The van der Waals surface area contributed by atoms with Gasteiger partial charge in [-0.3, -0.25) is 9.78 Å². The lowest BCUT2D eigenvalue weighted by Crippen LogP contribution is -2.19. The van der Waals surface area contributed by atoms with Gasteiger partial charge in [-0.25, -0.2) is 5.43 Å². The molecule has 1 aromatic carbocycles. The minimum absolute atomic E-state index is 0.138. The maximum atomic E-state index is 11.6. The second-order valence-electron chi connectivity index (χ2n) is 4.17. The fourth-order valence-corrected chi connectivity index (χ4v) is 2.40. The Bertz CT molecular complexity index is 602. The molecular weight excluding hydrogens is 306 g/mol. The highest BCUT2D eigenvalue weighted by Gasteiger charge is 2.00. The minimum atomic E-state index is -0.138. The fraction of sp³-hybridized carbons (Fsp3) is 0.133. The van der Waals surface area contributed by atoms with Crippen LogP contribution >= 0.6 is 23.4 Å². The van der Waals surface area contributed by atoms with E-state index in [1.807, 2.05) is 42.5 Å². The van der Waals surface area contributed by atoms with E-state index < -0.39 is 0 Å². The highest BCUT2D eigenvalue weighted by Crippen LogP contribution is 2.15.